The van der Waals surface area contributed by atoms with Gasteiger partial charge in [-0.1, -0.05) is 22.0 Å². The van der Waals surface area contributed by atoms with Gasteiger partial charge in [-0.05, 0) is 64.6 Å². The Morgan fingerprint density at radius 1 is 1.30 bits per heavy atom. The predicted octanol–water partition coefficient (Wildman–Crippen LogP) is 5.19. The molecule has 0 saturated carbocycles. The van der Waals surface area contributed by atoms with Crippen molar-refractivity contribution in [3.63, 3.8) is 0 Å². The van der Waals surface area contributed by atoms with Gasteiger partial charge < -0.3 is 10.2 Å². The van der Waals surface area contributed by atoms with E-state index in [9.17, 15) is 0 Å². The lowest BCUT2D eigenvalue weighted by atomic mass is 10.1. The van der Waals surface area contributed by atoms with Gasteiger partial charge in [0.25, 0.3) is 0 Å². The van der Waals surface area contributed by atoms with E-state index in [4.69, 9.17) is 0 Å². The van der Waals surface area contributed by atoms with Gasteiger partial charge in [-0.3, -0.25) is 0 Å². The Labute approximate surface area is 141 Å². The zero-order chi connectivity index (χ0) is 14.7. The molecule has 1 unspecified atom stereocenters. The summed E-state index contributed by atoms with van der Waals surface area (Å²) >= 11 is 8.82. The summed E-state index contributed by atoms with van der Waals surface area (Å²) < 4.78 is 2.29. The summed E-state index contributed by atoms with van der Waals surface area (Å²) in [4.78, 5) is 2.29. The van der Waals surface area contributed by atoms with Crippen molar-refractivity contribution in [2.45, 2.75) is 19.5 Å². The molecule has 0 radical (unpaired) electrons. The first-order valence-electron chi connectivity index (χ1n) is 6.42. The highest BCUT2D eigenvalue weighted by molar-refractivity contribution is 9.11. The number of hydrogen-bond donors (Lipinski definition) is 1. The van der Waals surface area contributed by atoms with Crippen LogP contribution in [0, 0.1) is 0 Å². The van der Waals surface area contributed by atoms with E-state index in [0.717, 1.165) is 11.0 Å². The third-order valence-electron chi connectivity index (χ3n) is 3.34. The number of halogens is 2. The van der Waals surface area contributed by atoms with Gasteiger partial charge in [-0.15, -0.1) is 11.3 Å². The van der Waals surface area contributed by atoms with E-state index in [1.807, 2.05) is 7.05 Å². The van der Waals surface area contributed by atoms with E-state index in [1.54, 1.807) is 11.3 Å². The molecule has 1 heterocycles. The molecular formula is C15H18Br2N2S. The Balaban J connectivity index is 2.27. The number of rotatable bonds is 5. The Morgan fingerprint density at radius 3 is 2.65 bits per heavy atom. The smallest absolute Gasteiger partial charge is 0.0701 e. The monoisotopic (exact) mass is 416 g/mol. The lowest BCUT2D eigenvalue weighted by Crippen LogP contribution is -2.21. The van der Waals surface area contributed by atoms with Crippen LogP contribution >= 0.6 is 43.2 Å². The van der Waals surface area contributed by atoms with E-state index >= 15 is 0 Å². The maximum atomic E-state index is 3.57. The molecule has 0 bridgehead atoms. The van der Waals surface area contributed by atoms with Crippen molar-refractivity contribution in [1.82, 2.24) is 5.32 Å². The fraction of sp³-hybridized carbons (Fsp3) is 0.333. The van der Waals surface area contributed by atoms with Crippen molar-refractivity contribution < 1.29 is 0 Å². The second kappa shape index (κ2) is 7.07. The van der Waals surface area contributed by atoms with Crippen molar-refractivity contribution in [3.8, 4) is 0 Å². The third kappa shape index (κ3) is 3.85. The molecule has 20 heavy (non-hydrogen) atoms. The summed E-state index contributed by atoms with van der Waals surface area (Å²) in [7, 11) is 4.13. The average Bonchev–Trinajstić information content (AvgIpc) is 2.83. The first kappa shape index (κ1) is 16.0. The Hall–Kier alpha value is -0.360. The van der Waals surface area contributed by atoms with Crippen LogP contribution in [0.1, 0.15) is 24.1 Å². The molecule has 0 amide bonds. The standard InChI is InChI=1S/C15H18Br2N2S/c1-10(18-2)13-5-4-12(16)7-14(13)19(3)8-11-6-15(17)20-9-11/h4-7,9-10,18H,8H2,1-3H3. The van der Waals surface area contributed by atoms with E-state index in [2.05, 4.69) is 85.7 Å². The van der Waals surface area contributed by atoms with E-state index in [0.29, 0.717) is 6.04 Å². The third-order valence-corrected chi connectivity index (χ3v) is 5.39. The second-order valence-corrected chi connectivity index (χ2v) is 8.03. The fourth-order valence-corrected chi connectivity index (χ4v) is 3.71. The van der Waals surface area contributed by atoms with E-state index < -0.39 is 0 Å². The highest BCUT2D eigenvalue weighted by atomic mass is 79.9. The second-order valence-electron chi connectivity index (χ2n) is 4.83. The molecule has 1 aromatic carbocycles. The van der Waals surface area contributed by atoms with Gasteiger partial charge in [0, 0.05) is 29.8 Å². The molecule has 1 aromatic heterocycles. The van der Waals surface area contributed by atoms with Crippen molar-refractivity contribution >= 4 is 48.9 Å². The Bertz CT molecular complexity index is 583. The Kier molecular flexibility index (Phi) is 5.66. The summed E-state index contributed by atoms with van der Waals surface area (Å²) in [6.45, 7) is 3.09. The zero-order valence-electron chi connectivity index (χ0n) is 11.8. The van der Waals surface area contributed by atoms with Crippen molar-refractivity contribution in [3.05, 3.63) is 49.0 Å². The molecule has 108 valence electrons. The van der Waals surface area contributed by atoms with Crippen LogP contribution in [0.15, 0.2) is 37.9 Å². The Morgan fingerprint density at radius 2 is 2.05 bits per heavy atom. The van der Waals surface area contributed by atoms with Gasteiger partial charge in [0.05, 0.1) is 3.79 Å². The molecule has 0 fully saturated rings. The lowest BCUT2D eigenvalue weighted by molar-refractivity contribution is 0.649. The van der Waals surface area contributed by atoms with Crippen LogP contribution in [-0.2, 0) is 6.54 Å². The highest BCUT2D eigenvalue weighted by Crippen LogP contribution is 2.31. The number of anilines is 1. The normalized spacial score (nSPS) is 12.4. The van der Waals surface area contributed by atoms with Crippen molar-refractivity contribution in [2.75, 3.05) is 19.0 Å². The molecule has 2 nitrogen and oxygen atoms in total. The molecule has 0 aliphatic carbocycles. The molecule has 0 aliphatic rings. The topological polar surface area (TPSA) is 15.3 Å². The number of benzene rings is 1. The number of hydrogen-bond acceptors (Lipinski definition) is 3. The predicted molar refractivity (Wildman–Crippen MR) is 95.7 cm³/mol. The largest absolute Gasteiger partial charge is 0.370 e. The number of thiophene rings is 1. The van der Waals surface area contributed by atoms with Crippen molar-refractivity contribution in [2.24, 2.45) is 0 Å². The molecule has 0 saturated heterocycles. The summed E-state index contributed by atoms with van der Waals surface area (Å²) in [5, 5.41) is 5.51. The molecule has 0 spiro atoms. The van der Waals surface area contributed by atoms with Gasteiger partial charge in [-0.25, -0.2) is 0 Å². The summed E-state index contributed by atoms with van der Waals surface area (Å²) in [6.07, 6.45) is 0. The summed E-state index contributed by atoms with van der Waals surface area (Å²) in [5.74, 6) is 0. The van der Waals surface area contributed by atoms with Crippen LogP contribution in [0.5, 0.6) is 0 Å². The quantitative estimate of drug-likeness (QED) is 0.719. The van der Waals surface area contributed by atoms with E-state index in [1.165, 1.54) is 20.6 Å². The van der Waals surface area contributed by atoms with Crippen LogP contribution in [0.2, 0.25) is 0 Å². The fourth-order valence-electron chi connectivity index (χ4n) is 2.16. The molecule has 0 aliphatic heterocycles. The average molecular weight is 418 g/mol. The van der Waals surface area contributed by atoms with Crippen LogP contribution in [0.25, 0.3) is 0 Å². The van der Waals surface area contributed by atoms with Crippen LogP contribution in [-0.4, -0.2) is 14.1 Å². The van der Waals surface area contributed by atoms with Crippen LogP contribution < -0.4 is 10.2 Å². The summed E-state index contributed by atoms with van der Waals surface area (Å²) in [6, 6.07) is 8.97. The minimum atomic E-state index is 0.328. The van der Waals surface area contributed by atoms with Gasteiger partial charge >= 0.3 is 0 Å². The molecule has 1 N–H and O–H groups in total. The van der Waals surface area contributed by atoms with Gasteiger partial charge in [-0.2, -0.15) is 0 Å². The van der Waals surface area contributed by atoms with Gasteiger partial charge in [0.15, 0.2) is 0 Å². The highest BCUT2D eigenvalue weighted by Gasteiger charge is 2.13. The maximum absolute atomic E-state index is 3.57. The molecule has 5 heteroatoms. The molecular weight excluding hydrogens is 400 g/mol. The van der Waals surface area contributed by atoms with Gasteiger partial charge in [0.2, 0.25) is 0 Å². The molecule has 2 aromatic rings. The minimum Gasteiger partial charge on any atom is -0.370 e. The minimum absolute atomic E-state index is 0.328. The number of nitrogens with one attached hydrogen (secondary N) is 1. The van der Waals surface area contributed by atoms with E-state index in [-0.39, 0.29) is 0 Å². The van der Waals surface area contributed by atoms with Crippen molar-refractivity contribution in [1.29, 1.82) is 0 Å². The maximum Gasteiger partial charge on any atom is 0.0701 e. The number of nitrogens with zero attached hydrogens (tertiary/aromatic N) is 1. The molecule has 2 rings (SSSR count). The van der Waals surface area contributed by atoms with Crippen LogP contribution in [0.3, 0.4) is 0 Å². The zero-order valence-corrected chi connectivity index (χ0v) is 15.8. The molecule has 1 atom stereocenters. The van der Waals surface area contributed by atoms with Gasteiger partial charge in [0.1, 0.15) is 0 Å². The summed E-state index contributed by atoms with van der Waals surface area (Å²) in [5.41, 5.74) is 3.89. The SMILES string of the molecule is CNC(C)c1ccc(Br)cc1N(C)Cc1csc(Br)c1. The van der Waals surface area contributed by atoms with Crippen LogP contribution in [0.4, 0.5) is 5.69 Å². The first-order chi connectivity index (χ1) is 9.51. The first-order valence-corrected chi connectivity index (χ1v) is 8.88. The lowest BCUT2D eigenvalue weighted by Gasteiger charge is -2.25.